The number of rotatable bonds is 1. The first kappa shape index (κ1) is 50.6. The molecule has 0 aliphatic heterocycles. The number of hydrogen-bond acceptors (Lipinski definition) is 0. The van der Waals surface area contributed by atoms with Crippen LogP contribution in [0.5, 0.6) is 0 Å². The number of hydrogen-bond donors (Lipinski definition) is 0. The average molecular weight is 370 g/mol. The van der Waals surface area contributed by atoms with Gasteiger partial charge in [-0.25, -0.2) is 0 Å². The summed E-state index contributed by atoms with van der Waals surface area (Å²) in [4.78, 5) is 0. The minimum absolute atomic E-state index is 0. The van der Waals surface area contributed by atoms with Gasteiger partial charge >= 0.3 is 0 Å². The second-order valence-electron chi connectivity index (χ2n) is 1.000. The third-order valence-electron chi connectivity index (χ3n) is 0.500. The van der Waals surface area contributed by atoms with E-state index in [0.717, 1.165) is 0 Å². The van der Waals surface area contributed by atoms with Crippen molar-refractivity contribution in [3.8, 4) is 0 Å². The summed E-state index contributed by atoms with van der Waals surface area (Å²) in [6.07, 6.45) is 2.64. The Morgan fingerprint density at radius 3 is 0.700 bits per heavy atom. The fourth-order valence-corrected chi connectivity index (χ4v) is 0. The van der Waals surface area contributed by atoms with Gasteiger partial charge in [0.15, 0.2) is 0 Å². The Morgan fingerprint density at radius 1 is 0.600 bits per heavy atom. The monoisotopic (exact) mass is 370 g/mol. The van der Waals surface area contributed by atoms with Crippen LogP contribution >= 0.6 is 0 Å². The maximum absolute atomic E-state index is 2.18. The van der Waals surface area contributed by atoms with Crippen LogP contribution in [0.2, 0.25) is 0 Å². The van der Waals surface area contributed by atoms with Gasteiger partial charge in [-0.2, -0.15) is 0 Å². The fraction of sp³-hybridized carbons (Fsp3) is 0.571. The molecule has 0 nitrogen and oxygen atoms in total. The topological polar surface area (TPSA) is 0 Å². The Labute approximate surface area is 144 Å². The van der Waals surface area contributed by atoms with Crippen molar-refractivity contribution in [1.82, 2.24) is 0 Å². The molecular formula is C7H19Y3-3. The second kappa shape index (κ2) is 55.8. The van der Waals surface area contributed by atoms with Crippen LogP contribution in [0.4, 0.5) is 0 Å². The van der Waals surface area contributed by atoms with Gasteiger partial charge in [0.25, 0.3) is 0 Å². The zero-order valence-corrected chi connectivity index (χ0v) is 16.7. The molecule has 0 unspecified atom stereocenters. The van der Waals surface area contributed by atoms with Gasteiger partial charge in [0.1, 0.15) is 0 Å². The zero-order valence-electron chi connectivity index (χ0n) is 8.15. The van der Waals surface area contributed by atoms with Gasteiger partial charge in [-0.3, -0.25) is 0 Å². The molecule has 0 bridgehead atoms. The smallest absolute Gasteiger partial charge is 0 e. The number of unbranched alkanes of at least 4 members (excludes halogenated alkanes) is 1. The molecule has 0 heterocycles. The zero-order chi connectivity index (χ0) is 3.41. The third-order valence-corrected chi connectivity index (χ3v) is 0.500. The summed E-state index contributed by atoms with van der Waals surface area (Å²) >= 11 is 0. The Kier molecular flexibility index (Phi) is 283. The van der Waals surface area contributed by atoms with Crippen molar-refractivity contribution in [3.05, 3.63) is 22.3 Å². The Balaban J connectivity index is -0.00000000300. The van der Waals surface area contributed by atoms with Crippen molar-refractivity contribution in [1.29, 1.82) is 0 Å². The van der Waals surface area contributed by atoms with E-state index in [9.17, 15) is 0 Å². The molecule has 0 aromatic heterocycles. The molecule has 0 aromatic carbocycles. The van der Waals surface area contributed by atoms with Crippen molar-refractivity contribution >= 4 is 0 Å². The van der Waals surface area contributed by atoms with Crippen molar-refractivity contribution in [3.63, 3.8) is 0 Å². The van der Waals surface area contributed by atoms with E-state index in [1.807, 2.05) is 0 Å². The molecule has 59 valence electrons. The van der Waals surface area contributed by atoms with Gasteiger partial charge in [0.05, 0.1) is 0 Å². The molecule has 0 N–H and O–H groups in total. The van der Waals surface area contributed by atoms with E-state index < -0.39 is 0 Å². The minimum Gasteiger partial charge on any atom is -0.358 e. The van der Waals surface area contributed by atoms with Crippen molar-refractivity contribution < 1.29 is 98.1 Å². The van der Waals surface area contributed by atoms with E-state index in [1.165, 1.54) is 12.8 Å². The predicted octanol–water partition coefficient (Wildman–Crippen LogP) is 3.15. The van der Waals surface area contributed by atoms with Crippen LogP contribution in [0.3, 0.4) is 0 Å². The Morgan fingerprint density at radius 2 is 0.700 bits per heavy atom. The van der Waals surface area contributed by atoms with Crippen LogP contribution in [0.1, 0.15) is 26.7 Å². The molecule has 0 atom stereocenters. The third kappa shape index (κ3) is 64.7. The average Bonchev–Trinajstić information content (AvgIpc) is 1.37. The fourth-order valence-electron chi connectivity index (χ4n) is 0. The van der Waals surface area contributed by atoms with Gasteiger partial charge in [-0.05, 0) is 0 Å². The van der Waals surface area contributed by atoms with Crippen LogP contribution in [0.25, 0.3) is 0 Å². The first-order chi connectivity index (χ1) is 1.91. The molecule has 0 fully saturated rings. The van der Waals surface area contributed by atoms with E-state index in [-0.39, 0.29) is 120 Å². The first-order valence-electron chi connectivity index (χ1n) is 1.91. The molecule has 3 heteroatoms. The van der Waals surface area contributed by atoms with E-state index in [1.54, 1.807) is 0 Å². The van der Waals surface area contributed by atoms with Gasteiger partial charge in [-0.15, -0.1) is 0 Å². The van der Waals surface area contributed by atoms with E-state index >= 15 is 0 Å². The summed E-state index contributed by atoms with van der Waals surface area (Å²) in [7, 11) is 0. The largest absolute Gasteiger partial charge is 0.358 e. The summed E-state index contributed by atoms with van der Waals surface area (Å²) < 4.78 is 0. The van der Waals surface area contributed by atoms with E-state index in [2.05, 4.69) is 13.8 Å². The molecule has 0 spiro atoms. The van der Waals surface area contributed by atoms with Crippen molar-refractivity contribution in [2.75, 3.05) is 0 Å². The van der Waals surface area contributed by atoms with Crippen LogP contribution in [-0.2, 0) is 98.1 Å². The molecule has 0 aliphatic rings. The standard InChI is InChI=1S/C4H10.3CH3.3Y/c1-3-4-2;;;;;;/h3-4H2,1-2H3;3*1H3;;;/q;3*-1;;;. The second-order valence-corrected chi connectivity index (χ2v) is 1.000. The van der Waals surface area contributed by atoms with Crippen LogP contribution < -0.4 is 0 Å². The van der Waals surface area contributed by atoms with Gasteiger partial charge in [-0.1, -0.05) is 26.7 Å². The molecule has 0 saturated carbocycles. The predicted molar refractivity (Wildman–Crippen MR) is 39.8 cm³/mol. The maximum atomic E-state index is 2.18. The summed E-state index contributed by atoms with van der Waals surface area (Å²) in [6, 6.07) is 0. The van der Waals surface area contributed by atoms with Crippen LogP contribution in [0, 0.1) is 22.3 Å². The summed E-state index contributed by atoms with van der Waals surface area (Å²) in [5, 5.41) is 0. The van der Waals surface area contributed by atoms with Crippen LogP contribution in [0.15, 0.2) is 0 Å². The van der Waals surface area contributed by atoms with Gasteiger partial charge in [0, 0.05) is 98.1 Å². The molecule has 0 aromatic rings. The van der Waals surface area contributed by atoms with Crippen LogP contribution in [-0.4, -0.2) is 0 Å². The quantitative estimate of drug-likeness (QED) is 0.623. The van der Waals surface area contributed by atoms with Crippen molar-refractivity contribution in [2.24, 2.45) is 0 Å². The SMILES string of the molecule is CCCC.[CH3-].[CH3-].[CH3-].[Y].[Y].[Y]. The minimum atomic E-state index is 0. The Bertz CT molecular complexity index is 10.8. The molecule has 10 heavy (non-hydrogen) atoms. The molecule has 0 rings (SSSR count). The maximum Gasteiger partial charge on any atom is 0 e. The van der Waals surface area contributed by atoms with Gasteiger partial charge in [0.2, 0.25) is 0 Å². The van der Waals surface area contributed by atoms with E-state index in [4.69, 9.17) is 0 Å². The molecule has 0 aliphatic carbocycles. The Hall–Kier alpha value is 3.31. The van der Waals surface area contributed by atoms with Crippen molar-refractivity contribution in [2.45, 2.75) is 26.7 Å². The normalized spacial score (nSPS) is 3.00. The first-order valence-corrected chi connectivity index (χ1v) is 1.91. The molecule has 0 amide bonds. The van der Waals surface area contributed by atoms with Gasteiger partial charge < -0.3 is 22.3 Å². The molecular weight excluding hydrogens is 351 g/mol. The summed E-state index contributed by atoms with van der Waals surface area (Å²) in [5.74, 6) is 0. The van der Waals surface area contributed by atoms with E-state index in [0.29, 0.717) is 0 Å². The molecule has 0 saturated heterocycles. The molecule has 3 radical (unpaired) electrons. The summed E-state index contributed by atoms with van der Waals surface area (Å²) in [5.41, 5.74) is 0. The summed E-state index contributed by atoms with van der Waals surface area (Å²) in [6.45, 7) is 4.36.